The Morgan fingerprint density at radius 1 is 0.955 bits per heavy atom. The van der Waals surface area contributed by atoms with E-state index < -0.39 is 21.4 Å². The van der Waals surface area contributed by atoms with E-state index in [1.807, 2.05) is 0 Å². The summed E-state index contributed by atoms with van der Waals surface area (Å²) in [6.07, 6.45) is 1.46. The van der Waals surface area contributed by atoms with Gasteiger partial charge in [0.1, 0.15) is 0 Å². The van der Waals surface area contributed by atoms with Crippen molar-refractivity contribution in [2.24, 2.45) is 0 Å². The fourth-order valence-corrected chi connectivity index (χ4v) is 2.60. The van der Waals surface area contributed by atoms with Crippen molar-refractivity contribution in [1.29, 1.82) is 0 Å². The molecule has 3 rings (SSSR count). The lowest BCUT2D eigenvalue weighted by atomic mass is 10.0. The average molecular weight is 327 g/mol. The Kier molecular flexibility index (Phi) is 3.21. The lowest BCUT2D eigenvalue weighted by molar-refractivity contribution is -0.0499. The van der Waals surface area contributed by atoms with Gasteiger partial charge in [0.25, 0.3) is 0 Å². The van der Waals surface area contributed by atoms with Crippen molar-refractivity contribution < 1.29 is 25.8 Å². The van der Waals surface area contributed by atoms with E-state index in [1.165, 1.54) is 18.3 Å². The largest absolute Gasteiger partial charge is 0.534 e. The molecular formula is C14H8F3NO3S. The Bertz CT molecular complexity index is 968. The summed E-state index contributed by atoms with van der Waals surface area (Å²) in [5.41, 5.74) is -5.15. The predicted molar refractivity (Wildman–Crippen MR) is 74.9 cm³/mol. The maximum absolute atomic E-state index is 12.5. The summed E-state index contributed by atoms with van der Waals surface area (Å²) >= 11 is 0. The smallest absolute Gasteiger partial charge is 0.375 e. The summed E-state index contributed by atoms with van der Waals surface area (Å²) in [5, 5.41) is 1.51. The minimum Gasteiger partial charge on any atom is -0.375 e. The van der Waals surface area contributed by atoms with E-state index in [0.717, 1.165) is 0 Å². The number of alkyl halides is 3. The molecular weight excluding hydrogens is 319 g/mol. The van der Waals surface area contributed by atoms with Crippen molar-refractivity contribution in [1.82, 2.24) is 4.98 Å². The summed E-state index contributed by atoms with van der Waals surface area (Å²) < 4.78 is 64.3. The molecule has 0 saturated carbocycles. The van der Waals surface area contributed by atoms with Crippen molar-refractivity contribution in [3.63, 3.8) is 0 Å². The molecule has 8 heteroatoms. The third kappa shape index (κ3) is 2.35. The summed E-state index contributed by atoms with van der Waals surface area (Å²) in [6.45, 7) is 0. The fraction of sp³-hybridized carbons (Fsp3) is 0.0714. The van der Waals surface area contributed by atoms with Crippen molar-refractivity contribution in [2.45, 2.75) is 5.51 Å². The first-order valence-corrected chi connectivity index (χ1v) is 7.48. The second-order valence-corrected chi connectivity index (χ2v) is 6.01. The molecule has 114 valence electrons. The van der Waals surface area contributed by atoms with Gasteiger partial charge in [-0.25, -0.2) is 0 Å². The lowest BCUT2D eigenvalue weighted by Crippen LogP contribution is -2.28. The molecule has 0 aliphatic carbocycles. The Hall–Kier alpha value is -2.35. The average Bonchev–Trinajstić information content (AvgIpc) is 2.46. The van der Waals surface area contributed by atoms with E-state index in [4.69, 9.17) is 0 Å². The number of rotatable bonds is 2. The molecule has 0 bridgehead atoms. The van der Waals surface area contributed by atoms with Crippen LogP contribution in [0.3, 0.4) is 0 Å². The highest BCUT2D eigenvalue weighted by Crippen LogP contribution is 2.35. The van der Waals surface area contributed by atoms with Crippen molar-refractivity contribution in [3.05, 3.63) is 48.7 Å². The van der Waals surface area contributed by atoms with Crippen LogP contribution in [0.2, 0.25) is 0 Å². The summed E-state index contributed by atoms with van der Waals surface area (Å²) in [5.74, 6) is -0.404. The zero-order valence-corrected chi connectivity index (χ0v) is 11.6. The first kappa shape index (κ1) is 14.6. The van der Waals surface area contributed by atoms with Crippen LogP contribution in [0.1, 0.15) is 0 Å². The molecule has 0 spiro atoms. The standard InChI is InChI=1S/C14H8F3NO3S/c15-14(16,17)22(19,20)21-13-8-12-10(6-3-7-18-12)9-4-1-2-5-11(9)13/h1-8H. The number of hydrogen-bond donors (Lipinski definition) is 0. The molecule has 0 aliphatic heterocycles. The molecule has 0 amide bonds. The molecule has 22 heavy (non-hydrogen) atoms. The number of benzene rings is 2. The predicted octanol–water partition coefficient (Wildman–Crippen LogP) is 3.62. The highest BCUT2D eigenvalue weighted by Gasteiger charge is 2.48. The van der Waals surface area contributed by atoms with Gasteiger partial charge in [-0.1, -0.05) is 30.3 Å². The Balaban J connectivity index is 2.29. The quantitative estimate of drug-likeness (QED) is 0.410. The van der Waals surface area contributed by atoms with Gasteiger partial charge in [0.05, 0.1) is 5.52 Å². The monoisotopic (exact) mass is 327 g/mol. The number of pyridine rings is 1. The van der Waals surface area contributed by atoms with Gasteiger partial charge in [-0.3, -0.25) is 4.98 Å². The molecule has 4 nitrogen and oxygen atoms in total. The summed E-state index contributed by atoms with van der Waals surface area (Å²) in [6, 6.07) is 11.0. The van der Waals surface area contributed by atoms with Crippen LogP contribution in [0.4, 0.5) is 13.2 Å². The number of aromatic nitrogens is 1. The molecule has 0 atom stereocenters. The molecule has 2 aromatic carbocycles. The van der Waals surface area contributed by atoms with E-state index in [2.05, 4.69) is 9.17 Å². The second-order valence-electron chi connectivity index (χ2n) is 4.47. The second kappa shape index (κ2) is 4.84. The Morgan fingerprint density at radius 2 is 1.59 bits per heavy atom. The third-order valence-electron chi connectivity index (χ3n) is 3.07. The maximum Gasteiger partial charge on any atom is 0.534 e. The van der Waals surface area contributed by atoms with E-state index in [9.17, 15) is 21.6 Å². The van der Waals surface area contributed by atoms with Crippen LogP contribution in [0.25, 0.3) is 21.7 Å². The first-order chi connectivity index (χ1) is 10.3. The molecule has 0 fully saturated rings. The molecule has 0 unspecified atom stereocenters. The van der Waals surface area contributed by atoms with Crippen LogP contribution in [0, 0.1) is 0 Å². The number of fused-ring (bicyclic) bond motifs is 3. The Labute approximate surface area is 123 Å². The number of halogens is 3. The third-order valence-corrected chi connectivity index (χ3v) is 4.04. The summed E-state index contributed by atoms with van der Waals surface area (Å²) in [7, 11) is -5.74. The molecule has 0 saturated heterocycles. The lowest BCUT2D eigenvalue weighted by Gasteiger charge is -2.12. The van der Waals surface area contributed by atoms with Crippen molar-refractivity contribution >= 4 is 31.8 Å². The fourth-order valence-electron chi connectivity index (χ4n) is 2.13. The van der Waals surface area contributed by atoms with Crippen molar-refractivity contribution in [3.8, 4) is 5.75 Å². The van der Waals surface area contributed by atoms with Gasteiger partial charge in [0, 0.05) is 23.0 Å². The van der Waals surface area contributed by atoms with Crippen LogP contribution < -0.4 is 4.18 Å². The van der Waals surface area contributed by atoms with E-state index in [1.54, 1.807) is 30.3 Å². The van der Waals surface area contributed by atoms with Crippen LogP contribution >= 0.6 is 0 Å². The minimum absolute atomic E-state index is 0.260. The van der Waals surface area contributed by atoms with Gasteiger partial charge < -0.3 is 4.18 Å². The van der Waals surface area contributed by atoms with Crippen molar-refractivity contribution in [2.75, 3.05) is 0 Å². The topological polar surface area (TPSA) is 56.3 Å². The molecule has 0 N–H and O–H groups in total. The molecule has 0 aliphatic rings. The minimum atomic E-state index is -5.74. The van der Waals surface area contributed by atoms with E-state index >= 15 is 0 Å². The first-order valence-electron chi connectivity index (χ1n) is 6.07. The van der Waals surface area contributed by atoms with Gasteiger partial charge in [0.15, 0.2) is 5.75 Å². The van der Waals surface area contributed by atoms with Gasteiger partial charge in [-0.05, 0) is 11.5 Å². The van der Waals surface area contributed by atoms with Gasteiger partial charge in [-0.15, -0.1) is 0 Å². The molecule has 3 aromatic rings. The zero-order valence-electron chi connectivity index (χ0n) is 10.8. The SMILES string of the molecule is O=S(=O)(Oc1cc2ncccc2c2ccccc12)C(F)(F)F. The van der Waals surface area contributed by atoms with Gasteiger partial charge in [0.2, 0.25) is 0 Å². The van der Waals surface area contributed by atoms with E-state index in [0.29, 0.717) is 16.3 Å². The highest BCUT2D eigenvalue weighted by molar-refractivity contribution is 7.88. The van der Waals surface area contributed by atoms with Crippen LogP contribution in [0.15, 0.2) is 48.7 Å². The van der Waals surface area contributed by atoms with Gasteiger partial charge in [-0.2, -0.15) is 21.6 Å². The van der Waals surface area contributed by atoms with Crippen LogP contribution in [-0.4, -0.2) is 18.9 Å². The number of nitrogens with zero attached hydrogens (tertiary/aromatic N) is 1. The van der Waals surface area contributed by atoms with Gasteiger partial charge >= 0.3 is 15.6 Å². The number of hydrogen-bond acceptors (Lipinski definition) is 4. The maximum atomic E-state index is 12.5. The zero-order chi connectivity index (χ0) is 16.0. The highest BCUT2D eigenvalue weighted by atomic mass is 32.2. The van der Waals surface area contributed by atoms with E-state index in [-0.39, 0.29) is 5.39 Å². The van der Waals surface area contributed by atoms with Crippen LogP contribution in [-0.2, 0) is 10.1 Å². The summed E-state index contributed by atoms with van der Waals surface area (Å²) in [4.78, 5) is 4.03. The Morgan fingerprint density at radius 3 is 2.27 bits per heavy atom. The normalized spacial score (nSPS) is 12.7. The molecule has 0 radical (unpaired) electrons. The molecule has 1 heterocycles. The van der Waals surface area contributed by atoms with Crippen LogP contribution in [0.5, 0.6) is 5.75 Å². The molecule has 1 aromatic heterocycles.